The molecule has 0 bridgehead atoms. The van der Waals surface area contributed by atoms with E-state index in [0.29, 0.717) is 34.0 Å². The lowest BCUT2D eigenvalue weighted by atomic mass is 10.0. The van der Waals surface area contributed by atoms with Crippen LogP contribution in [0.25, 0.3) is 11.0 Å². The second-order valence-corrected chi connectivity index (χ2v) is 10.4. The van der Waals surface area contributed by atoms with Gasteiger partial charge in [-0.2, -0.15) is 0 Å². The molecule has 1 atom stereocenters. The van der Waals surface area contributed by atoms with Crippen LogP contribution in [0.2, 0.25) is 0 Å². The Morgan fingerprint density at radius 2 is 1.73 bits per heavy atom. The highest BCUT2D eigenvalue weighted by Crippen LogP contribution is 2.35. The lowest BCUT2D eigenvalue weighted by molar-refractivity contribution is -0.118. The van der Waals surface area contributed by atoms with Crippen molar-refractivity contribution in [2.75, 3.05) is 24.4 Å². The lowest BCUT2D eigenvalue weighted by Crippen LogP contribution is -2.47. The Morgan fingerprint density at radius 1 is 1.02 bits per heavy atom. The number of hydrogen-bond acceptors (Lipinski definition) is 8. The molecule has 214 valence electrons. The van der Waals surface area contributed by atoms with Crippen LogP contribution in [0.5, 0.6) is 11.5 Å². The van der Waals surface area contributed by atoms with E-state index in [2.05, 4.69) is 10.6 Å². The van der Waals surface area contributed by atoms with E-state index in [1.807, 2.05) is 12.1 Å². The third-order valence-corrected chi connectivity index (χ3v) is 6.20. The summed E-state index contributed by atoms with van der Waals surface area (Å²) in [6, 6.07) is 19.2. The SMILES string of the molecule is COc1ccc(N(C)c2cc(=O)oc3ccccc23)cc1NC(=O)[C@H](Cc1ccc(O)cc1)NC(=O)OC(C)(C)C. The Bertz CT molecular complexity index is 1610. The number of fused-ring (bicyclic) bond motifs is 1. The number of carbonyl (C=O) groups excluding carboxylic acids is 2. The fourth-order valence-corrected chi connectivity index (χ4v) is 4.26. The molecule has 0 saturated heterocycles. The van der Waals surface area contributed by atoms with Crippen molar-refractivity contribution in [3.8, 4) is 11.5 Å². The molecule has 10 heteroatoms. The normalized spacial score (nSPS) is 11.9. The number of nitrogens with zero attached hydrogens (tertiary/aromatic N) is 1. The molecule has 1 heterocycles. The zero-order chi connectivity index (χ0) is 29.7. The fourth-order valence-electron chi connectivity index (χ4n) is 4.26. The van der Waals surface area contributed by atoms with Crippen molar-refractivity contribution in [2.24, 2.45) is 0 Å². The standard InChI is InChI=1S/C31H33N3O7/c1-31(2,3)41-30(38)33-24(16-19-10-13-21(35)14-11-19)29(37)32-23-17-20(12-15-27(23)39-5)34(4)25-18-28(36)40-26-9-7-6-8-22(25)26/h6-15,17-18,24,35H,16H2,1-5H3,(H,32,37)(H,33,38)/t24-/m0/s1. The number of carbonyl (C=O) groups is 2. The van der Waals surface area contributed by atoms with Crippen molar-refractivity contribution >= 4 is 40.0 Å². The van der Waals surface area contributed by atoms with E-state index in [0.717, 1.165) is 5.39 Å². The van der Waals surface area contributed by atoms with Gasteiger partial charge in [0.25, 0.3) is 0 Å². The number of phenols is 1. The Labute approximate surface area is 237 Å². The topological polar surface area (TPSA) is 130 Å². The van der Waals surface area contributed by atoms with E-state index in [1.54, 1.807) is 75.2 Å². The molecule has 0 aliphatic heterocycles. The quantitative estimate of drug-likeness (QED) is 0.246. The molecule has 3 N–H and O–H groups in total. The average molecular weight is 560 g/mol. The molecule has 0 aliphatic rings. The third kappa shape index (κ3) is 7.36. The van der Waals surface area contributed by atoms with Crippen molar-refractivity contribution < 1.29 is 28.6 Å². The number of para-hydroxylation sites is 1. The highest BCUT2D eigenvalue weighted by Gasteiger charge is 2.26. The third-order valence-electron chi connectivity index (χ3n) is 6.20. The molecule has 3 aromatic carbocycles. The minimum atomic E-state index is -1.01. The molecule has 2 amide bonds. The fraction of sp³-hybridized carbons (Fsp3) is 0.258. The first kappa shape index (κ1) is 29.0. The molecule has 41 heavy (non-hydrogen) atoms. The molecule has 4 aromatic rings. The maximum Gasteiger partial charge on any atom is 0.408 e. The van der Waals surface area contributed by atoms with Gasteiger partial charge in [-0.1, -0.05) is 24.3 Å². The number of rotatable bonds is 8. The molecule has 0 radical (unpaired) electrons. The van der Waals surface area contributed by atoms with Gasteiger partial charge in [0.2, 0.25) is 5.91 Å². The van der Waals surface area contributed by atoms with Gasteiger partial charge in [0.1, 0.15) is 28.7 Å². The van der Waals surface area contributed by atoms with E-state index < -0.39 is 29.3 Å². The number of hydrogen-bond donors (Lipinski definition) is 3. The van der Waals surface area contributed by atoms with E-state index in [4.69, 9.17) is 13.9 Å². The Kier molecular flexibility index (Phi) is 8.51. The predicted octanol–water partition coefficient (Wildman–Crippen LogP) is 5.35. The highest BCUT2D eigenvalue weighted by atomic mass is 16.6. The zero-order valence-corrected chi connectivity index (χ0v) is 23.6. The largest absolute Gasteiger partial charge is 0.508 e. The summed E-state index contributed by atoms with van der Waals surface area (Å²) in [5.41, 5.74) is 1.56. The smallest absolute Gasteiger partial charge is 0.408 e. The molecule has 0 saturated carbocycles. The highest BCUT2D eigenvalue weighted by molar-refractivity contribution is 5.99. The van der Waals surface area contributed by atoms with Crippen molar-refractivity contribution in [1.29, 1.82) is 0 Å². The first-order valence-electron chi connectivity index (χ1n) is 13.0. The summed E-state index contributed by atoms with van der Waals surface area (Å²) >= 11 is 0. The van der Waals surface area contributed by atoms with Crippen molar-refractivity contribution in [2.45, 2.75) is 38.8 Å². The molecule has 1 aromatic heterocycles. The van der Waals surface area contributed by atoms with Crippen molar-refractivity contribution in [3.05, 3.63) is 88.8 Å². The van der Waals surface area contributed by atoms with Crippen LogP contribution in [0.15, 0.2) is 82.0 Å². The minimum Gasteiger partial charge on any atom is -0.508 e. The van der Waals surface area contributed by atoms with E-state index >= 15 is 0 Å². The van der Waals surface area contributed by atoms with Gasteiger partial charge in [-0.3, -0.25) is 4.79 Å². The number of benzene rings is 3. The maximum absolute atomic E-state index is 13.6. The average Bonchev–Trinajstić information content (AvgIpc) is 2.92. The zero-order valence-electron chi connectivity index (χ0n) is 23.6. The Morgan fingerprint density at radius 3 is 2.41 bits per heavy atom. The van der Waals surface area contributed by atoms with Gasteiger partial charge in [-0.05, 0) is 68.8 Å². The van der Waals surface area contributed by atoms with Crippen LogP contribution in [-0.2, 0) is 16.0 Å². The minimum absolute atomic E-state index is 0.0875. The number of nitrogens with one attached hydrogen (secondary N) is 2. The summed E-state index contributed by atoms with van der Waals surface area (Å²) in [6.45, 7) is 5.19. The van der Waals surface area contributed by atoms with E-state index in [1.165, 1.54) is 25.3 Å². The number of phenolic OH excluding ortho intramolecular Hbond substituents is 1. The van der Waals surface area contributed by atoms with Crippen molar-refractivity contribution in [1.82, 2.24) is 5.32 Å². The van der Waals surface area contributed by atoms with Gasteiger partial charge in [-0.25, -0.2) is 9.59 Å². The molecular weight excluding hydrogens is 526 g/mol. The number of methoxy groups -OCH3 is 1. The monoisotopic (exact) mass is 559 g/mol. The lowest BCUT2D eigenvalue weighted by Gasteiger charge is -2.25. The Hall–Kier alpha value is -4.99. The molecule has 0 aliphatic carbocycles. The summed E-state index contributed by atoms with van der Waals surface area (Å²) in [7, 11) is 3.28. The van der Waals surface area contributed by atoms with Crippen LogP contribution in [-0.4, -0.2) is 42.9 Å². The predicted molar refractivity (Wildman–Crippen MR) is 157 cm³/mol. The number of anilines is 3. The van der Waals surface area contributed by atoms with Crippen LogP contribution in [0.4, 0.5) is 21.9 Å². The summed E-state index contributed by atoms with van der Waals surface area (Å²) in [4.78, 5) is 40.2. The Balaban J connectivity index is 1.64. The molecule has 0 unspecified atom stereocenters. The van der Waals surface area contributed by atoms with E-state index in [9.17, 15) is 19.5 Å². The van der Waals surface area contributed by atoms with Crippen LogP contribution in [0.1, 0.15) is 26.3 Å². The van der Waals surface area contributed by atoms with Crippen LogP contribution in [0.3, 0.4) is 0 Å². The van der Waals surface area contributed by atoms with Crippen LogP contribution < -0.4 is 25.9 Å². The van der Waals surface area contributed by atoms with E-state index in [-0.39, 0.29) is 12.2 Å². The van der Waals surface area contributed by atoms with Gasteiger partial charge >= 0.3 is 11.7 Å². The second kappa shape index (κ2) is 12.0. The number of amides is 2. The van der Waals surface area contributed by atoms with Gasteiger partial charge in [0.05, 0.1) is 18.5 Å². The molecule has 0 spiro atoms. The summed E-state index contributed by atoms with van der Waals surface area (Å²) < 4.78 is 16.2. The van der Waals surface area contributed by atoms with Gasteiger partial charge in [0.15, 0.2) is 0 Å². The van der Waals surface area contributed by atoms with Gasteiger partial charge < -0.3 is 34.5 Å². The van der Waals surface area contributed by atoms with Gasteiger partial charge in [0, 0.05) is 30.6 Å². The first-order valence-corrected chi connectivity index (χ1v) is 13.0. The number of alkyl carbamates (subject to hydrolysis) is 1. The summed E-state index contributed by atoms with van der Waals surface area (Å²) in [6.07, 6.45) is -0.606. The molecule has 4 rings (SSSR count). The second-order valence-electron chi connectivity index (χ2n) is 10.4. The summed E-state index contributed by atoms with van der Waals surface area (Å²) in [5.74, 6) is -0.0223. The first-order chi connectivity index (χ1) is 19.4. The van der Waals surface area contributed by atoms with Crippen LogP contribution in [0, 0.1) is 0 Å². The molecule has 0 fully saturated rings. The van der Waals surface area contributed by atoms with Crippen molar-refractivity contribution in [3.63, 3.8) is 0 Å². The number of ether oxygens (including phenoxy) is 2. The molecular formula is C31H33N3O7. The van der Waals surface area contributed by atoms with Crippen LogP contribution >= 0.6 is 0 Å². The maximum atomic E-state index is 13.6. The number of aromatic hydroxyl groups is 1. The van der Waals surface area contributed by atoms with Gasteiger partial charge in [-0.15, -0.1) is 0 Å². The summed E-state index contributed by atoms with van der Waals surface area (Å²) in [5, 5.41) is 15.9. The molecule has 10 nitrogen and oxygen atoms in total.